The number of nitrogens with zero attached hydrogens (tertiary/aromatic N) is 4. The van der Waals surface area contributed by atoms with Gasteiger partial charge < -0.3 is 4.42 Å². The van der Waals surface area contributed by atoms with Gasteiger partial charge in [0.15, 0.2) is 0 Å². The molecule has 4 aromatic rings. The molecule has 4 rings (SSSR count). The molecular weight excluding hydrogens is 426 g/mol. The molecule has 0 aliphatic rings. The topological polar surface area (TPSA) is 154 Å². The van der Waals surface area contributed by atoms with Crippen molar-refractivity contribution in [2.75, 3.05) is 5.43 Å². The molecule has 0 radical (unpaired) electrons. The first kappa shape index (κ1) is 19.8. The lowest BCUT2D eigenvalue weighted by atomic mass is 10.1. The number of anilines is 1. The van der Waals surface area contributed by atoms with Crippen LogP contribution in [0.15, 0.2) is 69.0 Å². The highest BCUT2D eigenvalue weighted by molar-refractivity contribution is 7.18. The van der Waals surface area contributed by atoms with Crippen LogP contribution in [0.2, 0.25) is 0 Å². The second-order valence-electron chi connectivity index (χ2n) is 6.18. The summed E-state index contributed by atoms with van der Waals surface area (Å²) in [5.41, 5.74) is 2.90. The summed E-state index contributed by atoms with van der Waals surface area (Å²) in [7, 11) is 0. The maximum atomic E-state index is 12.3. The second kappa shape index (κ2) is 8.12. The molecule has 0 atom stereocenters. The quantitative estimate of drug-likeness (QED) is 0.204. The van der Waals surface area contributed by atoms with Crippen molar-refractivity contribution in [1.29, 1.82) is 0 Å². The fourth-order valence-electron chi connectivity index (χ4n) is 2.73. The summed E-state index contributed by atoms with van der Waals surface area (Å²) in [5.74, 6) is 0. The number of non-ortho nitro benzene ring substituents is 2. The van der Waals surface area contributed by atoms with Gasteiger partial charge in [0, 0.05) is 41.4 Å². The van der Waals surface area contributed by atoms with E-state index in [0.717, 1.165) is 11.3 Å². The maximum Gasteiger partial charge on any atom is 0.345 e. The third-order valence-electron chi connectivity index (χ3n) is 4.15. The van der Waals surface area contributed by atoms with Crippen LogP contribution >= 0.6 is 11.3 Å². The van der Waals surface area contributed by atoms with Gasteiger partial charge in [-0.3, -0.25) is 25.7 Å². The van der Waals surface area contributed by atoms with Crippen molar-refractivity contribution in [3.63, 3.8) is 0 Å². The van der Waals surface area contributed by atoms with E-state index in [9.17, 15) is 25.0 Å². The Labute approximate surface area is 176 Å². The van der Waals surface area contributed by atoms with E-state index in [1.54, 1.807) is 12.1 Å². The zero-order valence-electron chi connectivity index (χ0n) is 15.4. The van der Waals surface area contributed by atoms with Crippen molar-refractivity contribution in [3.05, 3.63) is 90.9 Å². The molecule has 0 amide bonds. The molecule has 31 heavy (non-hydrogen) atoms. The van der Waals surface area contributed by atoms with Crippen molar-refractivity contribution in [2.24, 2.45) is 5.10 Å². The minimum Gasteiger partial charge on any atom is -0.422 e. The summed E-state index contributed by atoms with van der Waals surface area (Å²) in [6, 6.07) is 11.4. The molecule has 1 N–H and O–H groups in total. The van der Waals surface area contributed by atoms with E-state index >= 15 is 0 Å². The Balaban J connectivity index is 1.57. The van der Waals surface area contributed by atoms with Gasteiger partial charge in [-0.15, -0.1) is 0 Å². The van der Waals surface area contributed by atoms with Gasteiger partial charge in [-0.1, -0.05) is 23.5 Å². The van der Waals surface area contributed by atoms with Crippen LogP contribution in [0.25, 0.3) is 21.4 Å². The molecule has 0 saturated carbocycles. The molecule has 2 aromatic heterocycles. The number of nitro groups is 2. The third-order valence-corrected chi connectivity index (χ3v) is 5.09. The molecule has 11 nitrogen and oxygen atoms in total. The van der Waals surface area contributed by atoms with E-state index in [1.807, 2.05) is 0 Å². The number of nitrogens with one attached hydrogen (secondary N) is 1. The molecule has 2 heterocycles. The summed E-state index contributed by atoms with van der Waals surface area (Å²) in [5, 5.41) is 26.6. The summed E-state index contributed by atoms with van der Waals surface area (Å²) in [6.45, 7) is 0. The molecule has 154 valence electrons. The van der Waals surface area contributed by atoms with Gasteiger partial charge in [0.25, 0.3) is 11.4 Å². The molecular formula is C19H11N5O6S. The number of aromatic nitrogens is 1. The maximum absolute atomic E-state index is 12.3. The molecule has 0 spiro atoms. The van der Waals surface area contributed by atoms with Gasteiger partial charge in [0.2, 0.25) is 5.13 Å². The first-order valence-corrected chi connectivity index (χ1v) is 9.44. The standard InChI is InChI=1S/C19H11N5O6S/c25-18-15(8-12-7-14(24(28)29)4-5-16(12)30-18)17-10-20-19(31-17)22-21-9-11-2-1-3-13(6-11)23(26)27/h1-10H,(H,20,22)/b21-9+. The van der Waals surface area contributed by atoms with E-state index in [4.69, 9.17) is 4.42 Å². The van der Waals surface area contributed by atoms with Crippen molar-refractivity contribution >= 4 is 45.0 Å². The van der Waals surface area contributed by atoms with Gasteiger partial charge in [0.05, 0.1) is 26.5 Å². The average Bonchev–Trinajstić information content (AvgIpc) is 3.21. The molecule has 0 bridgehead atoms. The van der Waals surface area contributed by atoms with E-state index in [0.29, 0.717) is 21.0 Å². The van der Waals surface area contributed by atoms with Crippen molar-refractivity contribution < 1.29 is 14.3 Å². The smallest absolute Gasteiger partial charge is 0.345 e. The first-order chi connectivity index (χ1) is 14.9. The Morgan fingerprint density at radius 1 is 1.06 bits per heavy atom. The van der Waals surface area contributed by atoms with Crippen LogP contribution in [0.5, 0.6) is 0 Å². The van der Waals surface area contributed by atoms with Crippen LogP contribution < -0.4 is 11.1 Å². The monoisotopic (exact) mass is 437 g/mol. The highest BCUT2D eigenvalue weighted by Gasteiger charge is 2.14. The van der Waals surface area contributed by atoms with Crippen molar-refractivity contribution in [1.82, 2.24) is 4.98 Å². The van der Waals surface area contributed by atoms with Gasteiger partial charge in [-0.2, -0.15) is 5.10 Å². The number of nitro benzene ring substituents is 2. The van der Waals surface area contributed by atoms with E-state index in [2.05, 4.69) is 15.5 Å². The van der Waals surface area contributed by atoms with Crippen LogP contribution in [0.1, 0.15) is 5.56 Å². The van der Waals surface area contributed by atoms with Gasteiger partial charge in [0.1, 0.15) is 5.58 Å². The van der Waals surface area contributed by atoms with Crippen LogP contribution in [-0.2, 0) is 0 Å². The molecule has 12 heteroatoms. The fourth-order valence-corrected chi connectivity index (χ4v) is 3.50. The number of hydrogen-bond acceptors (Lipinski definition) is 10. The predicted octanol–water partition coefficient (Wildman–Crippen LogP) is 4.18. The highest BCUT2D eigenvalue weighted by Crippen LogP contribution is 2.30. The Morgan fingerprint density at radius 3 is 2.61 bits per heavy atom. The summed E-state index contributed by atoms with van der Waals surface area (Å²) in [4.78, 5) is 37.7. The number of fused-ring (bicyclic) bond motifs is 1. The predicted molar refractivity (Wildman–Crippen MR) is 115 cm³/mol. The summed E-state index contributed by atoms with van der Waals surface area (Å²) in [6.07, 6.45) is 2.85. The molecule has 0 fully saturated rings. The first-order valence-electron chi connectivity index (χ1n) is 8.63. The number of benzene rings is 2. The minimum atomic E-state index is -0.600. The minimum absolute atomic E-state index is 0.0521. The van der Waals surface area contributed by atoms with Gasteiger partial charge >= 0.3 is 5.63 Å². The Morgan fingerprint density at radius 2 is 1.84 bits per heavy atom. The highest BCUT2D eigenvalue weighted by atomic mass is 32.1. The summed E-state index contributed by atoms with van der Waals surface area (Å²) >= 11 is 1.12. The number of hydrazone groups is 1. The molecule has 0 saturated heterocycles. The third kappa shape index (κ3) is 4.28. The second-order valence-corrected chi connectivity index (χ2v) is 7.21. The van der Waals surface area contributed by atoms with E-state index in [1.165, 1.54) is 48.8 Å². The number of hydrogen-bond donors (Lipinski definition) is 1. The molecule has 2 aromatic carbocycles. The summed E-state index contributed by atoms with van der Waals surface area (Å²) < 4.78 is 5.26. The SMILES string of the molecule is O=c1oc2ccc([N+](=O)[O-])cc2cc1-c1cnc(N/N=C/c2cccc([N+](=O)[O-])c2)s1. The lowest BCUT2D eigenvalue weighted by Crippen LogP contribution is -2.01. The lowest BCUT2D eigenvalue weighted by Gasteiger charge is -2.00. The van der Waals surface area contributed by atoms with E-state index < -0.39 is 15.5 Å². The van der Waals surface area contributed by atoms with Crippen LogP contribution in [0, 0.1) is 20.2 Å². The Kier molecular flexibility index (Phi) is 5.20. The van der Waals surface area contributed by atoms with Gasteiger partial charge in [-0.25, -0.2) is 9.78 Å². The van der Waals surface area contributed by atoms with Crippen LogP contribution in [0.3, 0.4) is 0 Å². The fraction of sp³-hybridized carbons (Fsp3) is 0. The molecule has 0 aliphatic carbocycles. The molecule has 0 aliphatic heterocycles. The largest absolute Gasteiger partial charge is 0.422 e. The zero-order chi connectivity index (χ0) is 22.0. The van der Waals surface area contributed by atoms with Gasteiger partial charge in [-0.05, 0) is 12.1 Å². The zero-order valence-corrected chi connectivity index (χ0v) is 16.2. The van der Waals surface area contributed by atoms with Crippen LogP contribution in [-0.4, -0.2) is 21.0 Å². The van der Waals surface area contributed by atoms with Crippen molar-refractivity contribution in [2.45, 2.75) is 0 Å². The lowest BCUT2D eigenvalue weighted by molar-refractivity contribution is -0.385. The Hall–Kier alpha value is -4.45. The molecule has 0 unspecified atom stereocenters. The Bertz CT molecular complexity index is 1410. The van der Waals surface area contributed by atoms with Crippen molar-refractivity contribution in [3.8, 4) is 10.4 Å². The van der Waals surface area contributed by atoms with E-state index in [-0.39, 0.29) is 22.5 Å². The average molecular weight is 437 g/mol. The normalized spacial score (nSPS) is 11.1. The number of thiazole rings is 1. The van der Waals surface area contributed by atoms with Crippen LogP contribution in [0.4, 0.5) is 16.5 Å². The number of rotatable bonds is 6.